The second kappa shape index (κ2) is 10.9. The molecule has 2 fully saturated rings. The Morgan fingerprint density at radius 2 is 1.89 bits per heavy atom. The summed E-state index contributed by atoms with van der Waals surface area (Å²) in [4.78, 5) is 62.5. The minimum absolute atomic E-state index is 0.00331. The molecule has 2 atom stereocenters. The van der Waals surface area contributed by atoms with Crippen LogP contribution in [0.25, 0.3) is 0 Å². The summed E-state index contributed by atoms with van der Waals surface area (Å²) < 4.78 is 5.88. The number of hydrogen-bond acceptors (Lipinski definition) is 7. The number of allylic oxidation sites excluding steroid dienone is 1. The van der Waals surface area contributed by atoms with E-state index in [0.717, 1.165) is 0 Å². The van der Waals surface area contributed by atoms with Gasteiger partial charge in [-0.05, 0) is 50.0 Å². The van der Waals surface area contributed by atoms with Gasteiger partial charge in [0.2, 0.25) is 23.5 Å². The number of carbonyl (C=O) groups excluding carboxylic acids is 4. The summed E-state index contributed by atoms with van der Waals surface area (Å²) in [5.74, 6) is -0.857. The fourth-order valence-electron chi connectivity index (χ4n) is 5.32. The summed E-state index contributed by atoms with van der Waals surface area (Å²) >= 11 is 5.88. The molecule has 3 aliphatic heterocycles. The van der Waals surface area contributed by atoms with Crippen molar-refractivity contribution in [1.29, 1.82) is 0 Å². The van der Waals surface area contributed by atoms with Crippen molar-refractivity contribution < 1.29 is 23.9 Å². The van der Waals surface area contributed by atoms with E-state index >= 15 is 0 Å². The van der Waals surface area contributed by atoms with Crippen LogP contribution in [-0.2, 0) is 23.9 Å². The highest BCUT2D eigenvalue weighted by Crippen LogP contribution is 2.32. The number of amides is 4. The number of hydrogen-bond donors (Lipinski definition) is 2. The maximum atomic E-state index is 13.3. The molecule has 0 aromatic carbocycles. The number of dihydropyridines is 1. The van der Waals surface area contributed by atoms with Crippen LogP contribution < -0.4 is 10.6 Å². The normalized spacial score (nSPS) is 26.6. The maximum absolute atomic E-state index is 13.3. The molecule has 2 N–H and O–H groups in total. The zero-order valence-corrected chi connectivity index (χ0v) is 21.7. The smallest absolute Gasteiger partial charge is 0.293 e. The summed E-state index contributed by atoms with van der Waals surface area (Å²) in [7, 11) is 0. The lowest BCUT2D eigenvalue weighted by molar-refractivity contribution is -0.147. The summed E-state index contributed by atoms with van der Waals surface area (Å²) in [5.41, 5.74) is 0.324. The van der Waals surface area contributed by atoms with Gasteiger partial charge in [-0.1, -0.05) is 11.6 Å². The van der Waals surface area contributed by atoms with Crippen LogP contribution in [-0.4, -0.2) is 82.4 Å². The molecule has 2 unspecified atom stereocenters. The number of anilines is 1. The quantitative estimate of drug-likeness (QED) is 0.583. The van der Waals surface area contributed by atoms with Gasteiger partial charge >= 0.3 is 0 Å². The van der Waals surface area contributed by atoms with Crippen molar-refractivity contribution in [3.8, 4) is 0 Å². The Balaban J connectivity index is 1.23. The highest BCUT2D eigenvalue weighted by molar-refractivity contribution is 6.30. The van der Waals surface area contributed by atoms with Crippen molar-refractivity contribution in [2.75, 3.05) is 25.0 Å². The molecule has 38 heavy (non-hydrogen) atoms. The molecule has 1 saturated heterocycles. The number of nitrogens with zero attached hydrogens (tertiary/aromatic N) is 4. The van der Waals surface area contributed by atoms with Gasteiger partial charge < -0.3 is 25.2 Å². The Kier molecular flexibility index (Phi) is 7.46. The minimum atomic E-state index is -0.542. The van der Waals surface area contributed by atoms with Gasteiger partial charge in [-0.15, -0.1) is 0 Å². The van der Waals surface area contributed by atoms with E-state index in [4.69, 9.17) is 16.3 Å². The van der Waals surface area contributed by atoms with Crippen LogP contribution >= 0.6 is 11.6 Å². The Morgan fingerprint density at radius 3 is 2.58 bits per heavy atom. The van der Waals surface area contributed by atoms with Crippen molar-refractivity contribution in [2.45, 2.75) is 50.8 Å². The van der Waals surface area contributed by atoms with Crippen molar-refractivity contribution in [1.82, 2.24) is 20.1 Å². The largest absolute Gasteiger partial charge is 0.476 e. The average molecular weight is 541 g/mol. The molecular formula is C26H29ClN6O5. The van der Waals surface area contributed by atoms with Gasteiger partial charge in [0, 0.05) is 44.4 Å². The van der Waals surface area contributed by atoms with Crippen LogP contribution in [0.15, 0.2) is 46.9 Å². The van der Waals surface area contributed by atoms with Crippen LogP contribution in [0.4, 0.5) is 5.82 Å². The molecule has 1 aliphatic carbocycles. The predicted octanol–water partition coefficient (Wildman–Crippen LogP) is 1.66. The van der Waals surface area contributed by atoms with E-state index in [1.807, 2.05) is 4.90 Å². The average Bonchev–Trinajstić information content (AvgIpc) is 3.28. The molecule has 4 amide bonds. The van der Waals surface area contributed by atoms with Crippen LogP contribution in [0.5, 0.6) is 0 Å². The molecule has 4 heterocycles. The lowest BCUT2D eigenvalue weighted by atomic mass is 9.84. The third-order valence-corrected chi connectivity index (χ3v) is 7.61. The number of fused-ring (bicyclic) bond motifs is 1. The number of ether oxygens (including phenoxy) is 1. The Labute approximate surface area is 224 Å². The van der Waals surface area contributed by atoms with Gasteiger partial charge in [0.25, 0.3) is 5.91 Å². The van der Waals surface area contributed by atoms with E-state index in [-0.39, 0.29) is 42.0 Å². The monoisotopic (exact) mass is 540 g/mol. The first-order valence-electron chi connectivity index (χ1n) is 12.7. The molecule has 0 bridgehead atoms. The fraction of sp³-hybridized carbons (Fsp3) is 0.462. The standard InChI is InChI=1S/C26H29ClN6O5/c1-15(34)32-11-12-33(21(35)14-32)18-7-4-16(5-8-18)25(36)31-23-22-19(3-2-10-28-22)38-24(23)26(37)30-20-9-6-17(27)13-29-20/h2-3,6,9-10,13,16,18-19,22H,4-5,7-8,11-12,14H2,1H3,(H,31,36)(H,29,30,37). The molecular weight excluding hydrogens is 512 g/mol. The van der Waals surface area contributed by atoms with E-state index in [0.29, 0.717) is 55.3 Å². The highest BCUT2D eigenvalue weighted by Gasteiger charge is 2.41. The Hall–Kier alpha value is -3.73. The molecule has 5 rings (SSSR count). The first kappa shape index (κ1) is 25.9. The van der Waals surface area contributed by atoms with Gasteiger partial charge in [-0.3, -0.25) is 24.2 Å². The predicted molar refractivity (Wildman–Crippen MR) is 139 cm³/mol. The van der Waals surface area contributed by atoms with Crippen molar-refractivity contribution >= 4 is 47.3 Å². The number of piperazine rings is 1. The molecule has 12 heteroatoms. The molecule has 1 aromatic heterocycles. The number of nitrogens with one attached hydrogen (secondary N) is 2. The summed E-state index contributed by atoms with van der Waals surface area (Å²) in [6.07, 6.45) is 8.68. The first-order valence-corrected chi connectivity index (χ1v) is 13.1. The number of pyridine rings is 1. The van der Waals surface area contributed by atoms with Crippen LogP contribution in [0, 0.1) is 5.92 Å². The van der Waals surface area contributed by atoms with Gasteiger partial charge in [-0.25, -0.2) is 4.98 Å². The van der Waals surface area contributed by atoms with E-state index in [1.54, 1.807) is 35.4 Å². The van der Waals surface area contributed by atoms with Crippen LogP contribution in [0.3, 0.4) is 0 Å². The second-order valence-corrected chi connectivity index (χ2v) is 10.2. The minimum Gasteiger partial charge on any atom is -0.476 e. The molecule has 1 aromatic rings. The number of aromatic nitrogens is 1. The summed E-state index contributed by atoms with van der Waals surface area (Å²) in [6.45, 7) is 2.62. The number of aliphatic imine (C=N–C) groups is 1. The second-order valence-electron chi connectivity index (χ2n) is 9.79. The zero-order chi connectivity index (χ0) is 26.8. The summed E-state index contributed by atoms with van der Waals surface area (Å²) in [6, 6.07) is 2.70. The molecule has 200 valence electrons. The van der Waals surface area contributed by atoms with E-state index in [1.165, 1.54) is 13.1 Å². The zero-order valence-electron chi connectivity index (χ0n) is 20.9. The van der Waals surface area contributed by atoms with Gasteiger partial charge in [0.15, 0.2) is 0 Å². The third-order valence-electron chi connectivity index (χ3n) is 7.38. The van der Waals surface area contributed by atoms with Crippen molar-refractivity contribution in [3.63, 3.8) is 0 Å². The third kappa shape index (κ3) is 5.42. The SMILES string of the molecule is CC(=O)N1CCN(C2CCC(C(=O)NC3=C(C(=O)Nc4ccc(Cl)cn4)OC4C=CC=NC34)CC2)C(=O)C1. The Bertz CT molecular complexity index is 1220. The van der Waals surface area contributed by atoms with E-state index in [2.05, 4.69) is 20.6 Å². The molecule has 0 spiro atoms. The van der Waals surface area contributed by atoms with Gasteiger partial charge in [0.1, 0.15) is 18.0 Å². The van der Waals surface area contributed by atoms with Crippen LogP contribution in [0.2, 0.25) is 5.02 Å². The molecule has 4 aliphatic rings. The lowest BCUT2D eigenvalue weighted by Crippen LogP contribution is -2.55. The Morgan fingerprint density at radius 1 is 1.11 bits per heavy atom. The lowest BCUT2D eigenvalue weighted by Gasteiger charge is -2.41. The van der Waals surface area contributed by atoms with Gasteiger partial charge in [-0.2, -0.15) is 0 Å². The number of carbonyl (C=O) groups is 4. The molecule has 0 radical (unpaired) electrons. The molecule has 1 saturated carbocycles. The summed E-state index contributed by atoms with van der Waals surface area (Å²) in [5, 5.41) is 6.06. The fourth-order valence-corrected chi connectivity index (χ4v) is 5.44. The van der Waals surface area contributed by atoms with E-state index < -0.39 is 18.1 Å². The topological polar surface area (TPSA) is 133 Å². The molecule has 11 nitrogen and oxygen atoms in total. The van der Waals surface area contributed by atoms with Crippen LogP contribution in [0.1, 0.15) is 32.6 Å². The van der Waals surface area contributed by atoms with Crippen molar-refractivity contribution in [2.24, 2.45) is 10.9 Å². The van der Waals surface area contributed by atoms with E-state index in [9.17, 15) is 19.2 Å². The van der Waals surface area contributed by atoms with Gasteiger partial charge in [0.05, 0.1) is 17.3 Å². The van der Waals surface area contributed by atoms with Crippen molar-refractivity contribution in [3.05, 3.63) is 47.0 Å². The highest BCUT2D eigenvalue weighted by atomic mass is 35.5. The maximum Gasteiger partial charge on any atom is 0.293 e. The number of halogens is 1. The number of rotatable bonds is 5. The first-order chi connectivity index (χ1) is 18.3.